The second-order valence-electron chi connectivity index (χ2n) is 4.97. The summed E-state index contributed by atoms with van der Waals surface area (Å²) >= 11 is 2.23. The van der Waals surface area contributed by atoms with Gasteiger partial charge in [0.25, 0.3) is 0 Å². The maximum absolute atomic E-state index is 5.92. The molecule has 0 spiro atoms. The first-order valence-corrected chi connectivity index (χ1v) is 7.38. The molecule has 0 heterocycles. The van der Waals surface area contributed by atoms with E-state index < -0.39 is 0 Å². The third-order valence-corrected chi connectivity index (χ3v) is 3.89. The van der Waals surface area contributed by atoms with Gasteiger partial charge in [-0.25, -0.2) is 0 Å². The van der Waals surface area contributed by atoms with Crippen LogP contribution in [0.1, 0.15) is 30.9 Å². The van der Waals surface area contributed by atoms with Gasteiger partial charge in [0.1, 0.15) is 11.5 Å². The molecule has 0 aliphatic carbocycles. The van der Waals surface area contributed by atoms with Gasteiger partial charge in [-0.05, 0) is 76.9 Å². The van der Waals surface area contributed by atoms with Crippen LogP contribution in [-0.2, 0) is 0 Å². The van der Waals surface area contributed by atoms with Gasteiger partial charge in [0.2, 0.25) is 0 Å². The van der Waals surface area contributed by atoms with Gasteiger partial charge in [0.15, 0.2) is 0 Å². The van der Waals surface area contributed by atoms with Crippen LogP contribution < -0.4 is 10.5 Å². The maximum atomic E-state index is 5.92. The Bertz CT molecular complexity index is 593. The molecule has 0 bridgehead atoms. The van der Waals surface area contributed by atoms with Gasteiger partial charge in [0.05, 0.1) is 3.57 Å². The van der Waals surface area contributed by atoms with E-state index in [9.17, 15) is 0 Å². The zero-order valence-electron chi connectivity index (χ0n) is 11.4. The molecule has 0 saturated heterocycles. The molecular weight excluding hydrogens is 349 g/mol. The van der Waals surface area contributed by atoms with Crippen LogP contribution in [-0.4, -0.2) is 0 Å². The summed E-state index contributed by atoms with van der Waals surface area (Å²) in [6, 6.07) is 11.9. The first kappa shape index (κ1) is 14.2. The molecule has 0 aliphatic heterocycles. The van der Waals surface area contributed by atoms with Crippen molar-refractivity contribution in [2.75, 3.05) is 5.73 Å². The average molecular weight is 367 g/mol. The number of nitrogen functional groups attached to an aromatic ring is 1. The fourth-order valence-corrected chi connectivity index (χ4v) is 2.74. The molecule has 3 heteroatoms. The van der Waals surface area contributed by atoms with E-state index in [1.54, 1.807) is 0 Å². The van der Waals surface area contributed by atoms with Crippen molar-refractivity contribution in [2.45, 2.75) is 26.7 Å². The lowest BCUT2D eigenvalue weighted by Gasteiger charge is -2.13. The molecule has 0 aromatic heterocycles. The normalized spacial score (nSPS) is 10.8. The lowest BCUT2D eigenvalue weighted by Crippen LogP contribution is -1.94. The Morgan fingerprint density at radius 1 is 1.11 bits per heavy atom. The first-order valence-electron chi connectivity index (χ1n) is 6.31. The minimum atomic E-state index is 0.533. The second-order valence-corrected chi connectivity index (χ2v) is 6.13. The standard InChI is InChI=1S/C16H18INO/c1-10(2)14-6-5-13(8-11(14)3)19-16-7-4-12(18)9-15(16)17/h4-10H,18H2,1-3H3. The highest BCUT2D eigenvalue weighted by atomic mass is 127. The monoisotopic (exact) mass is 367 g/mol. The van der Waals surface area contributed by atoms with E-state index in [1.165, 1.54) is 11.1 Å². The molecule has 0 unspecified atom stereocenters. The van der Waals surface area contributed by atoms with Gasteiger partial charge >= 0.3 is 0 Å². The van der Waals surface area contributed by atoms with Crippen LogP contribution >= 0.6 is 22.6 Å². The predicted molar refractivity (Wildman–Crippen MR) is 88.9 cm³/mol. The number of benzene rings is 2. The van der Waals surface area contributed by atoms with Crippen LogP contribution in [0.4, 0.5) is 5.69 Å². The molecule has 2 nitrogen and oxygen atoms in total. The third kappa shape index (κ3) is 3.41. The number of ether oxygens (including phenoxy) is 1. The number of anilines is 1. The van der Waals surface area contributed by atoms with Crippen molar-refractivity contribution in [3.05, 3.63) is 51.1 Å². The topological polar surface area (TPSA) is 35.2 Å². The van der Waals surface area contributed by atoms with Crippen molar-refractivity contribution >= 4 is 28.3 Å². The minimum absolute atomic E-state index is 0.533. The molecule has 0 atom stereocenters. The number of halogens is 1. The Labute approximate surface area is 128 Å². The summed E-state index contributed by atoms with van der Waals surface area (Å²) in [4.78, 5) is 0. The highest BCUT2D eigenvalue weighted by molar-refractivity contribution is 14.1. The molecule has 100 valence electrons. The summed E-state index contributed by atoms with van der Waals surface area (Å²) in [6.07, 6.45) is 0. The van der Waals surface area contributed by atoms with E-state index in [-0.39, 0.29) is 0 Å². The Morgan fingerprint density at radius 2 is 1.84 bits per heavy atom. The van der Waals surface area contributed by atoms with Crippen molar-refractivity contribution in [1.82, 2.24) is 0 Å². The number of nitrogens with two attached hydrogens (primary N) is 1. The van der Waals surface area contributed by atoms with Gasteiger partial charge in [-0.2, -0.15) is 0 Å². The predicted octanol–water partition coefficient (Wildman–Crippen LogP) is 5.10. The molecule has 19 heavy (non-hydrogen) atoms. The molecule has 2 aromatic carbocycles. The van der Waals surface area contributed by atoms with Crippen molar-refractivity contribution < 1.29 is 4.74 Å². The van der Waals surface area contributed by atoms with Gasteiger partial charge in [-0.3, -0.25) is 0 Å². The van der Waals surface area contributed by atoms with Gasteiger partial charge in [-0.1, -0.05) is 19.9 Å². The molecule has 2 rings (SSSR count). The van der Waals surface area contributed by atoms with Crippen molar-refractivity contribution in [2.24, 2.45) is 0 Å². The van der Waals surface area contributed by atoms with Crippen molar-refractivity contribution in [1.29, 1.82) is 0 Å². The van der Waals surface area contributed by atoms with E-state index >= 15 is 0 Å². The smallest absolute Gasteiger partial charge is 0.140 e. The first-order chi connectivity index (χ1) is 8.97. The van der Waals surface area contributed by atoms with E-state index in [0.717, 1.165) is 20.8 Å². The van der Waals surface area contributed by atoms with Crippen LogP contribution in [0.3, 0.4) is 0 Å². The minimum Gasteiger partial charge on any atom is -0.456 e. The second kappa shape index (κ2) is 5.82. The molecule has 0 fully saturated rings. The zero-order valence-corrected chi connectivity index (χ0v) is 13.6. The molecule has 2 N–H and O–H groups in total. The Balaban J connectivity index is 2.26. The van der Waals surface area contributed by atoms with Gasteiger partial charge < -0.3 is 10.5 Å². The van der Waals surface area contributed by atoms with Crippen LogP contribution in [0.25, 0.3) is 0 Å². The third-order valence-electron chi connectivity index (χ3n) is 3.05. The summed E-state index contributed by atoms with van der Waals surface area (Å²) in [5.41, 5.74) is 9.11. The van der Waals surface area contributed by atoms with Crippen LogP contribution in [0.5, 0.6) is 11.5 Å². The van der Waals surface area contributed by atoms with Crippen LogP contribution in [0.2, 0.25) is 0 Å². The van der Waals surface area contributed by atoms with Gasteiger partial charge in [0, 0.05) is 5.69 Å². The molecule has 0 saturated carbocycles. The summed E-state index contributed by atoms with van der Waals surface area (Å²) < 4.78 is 6.93. The average Bonchev–Trinajstić information content (AvgIpc) is 2.32. The molecule has 0 aliphatic rings. The maximum Gasteiger partial charge on any atom is 0.140 e. The van der Waals surface area contributed by atoms with Crippen LogP contribution in [0.15, 0.2) is 36.4 Å². The van der Waals surface area contributed by atoms with Gasteiger partial charge in [-0.15, -0.1) is 0 Å². The number of rotatable bonds is 3. The molecular formula is C16H18INO. The Kier molecular flexibility index (Phi) is 4.34. The fraction of sp³-hybridized carbons (Fsp3) is 0.250. The summed E-state index contributed by atoms with van der Waals surface area (Å²) in [7, 11) is 0. The van der Waals surface area contributed by atoms with Crippen molar-refractivity contribution in [3.8, 4) is 11.5 Å². The zero-order chi connectivity index (χ0) is 14.0. The van der Waals surface area contributed by atoms with E-state index in [4.69, 9.17) is 10.5 Å². The lowest BCUT2D eigenvalue weighted by atomic mass is 9.98. The summed E-state index contributed by atoms with van der Waals surface area (Å²) in [5.74, 6) is 2.24. The number of hydrogen-bond acceptors (Lipinski definition) is 2. The Hall–Kier alpha value is -1.23. The SMILES string of the molecule is Cc1cc(Oc2ccc(N)cc2I)ccc1C(C)C. The molecule has 0 amide bonds. The van der Waals surface area contributed by atoms with Crippen LogP contribution in [0, 0.1) is 10.5 Å². The number of hydrogen-bond donors (Lipinski definition) is 1. The van der Waals surface area contributed by atoms with Crippen molar-refractivity contribution in [3.63, 3.8) is 0 Å². The Morgan fingerprint density at radius 3 is 2.42 bits per heavy atom. The number of aryl methyl sites for hydroxylation is 1. The highest BCUT2D eigenvalue weighted by Crippen LogP contribution is 2.30. The molecule has 0 radical (unpaired) electrons. The lowest BCUT2D eigenvalue weighted by molar-refractivity contribution is 0.478. The largest absolute Gasteiger partial charge is 0.456 e. The summed E-state index contributed by atoms with van der Waals surface area (Å²) in [5, 5.41) is 0. The van der Waals surface area contributed by atoms with E-state index in [1.807, 2.05) is 24.3 Å². The summed E-state index contributed by atoms with van der Waals surface area (Å²) in [6.45, 7) is 6.52. The quantitative estimate of drug-likeness (QED) is 0.605. The molecule has 2 aromatic rings. The van der Waals surface area contributed by atoms with E-state index in [0.29, 0.717) is 5.92 Å². The highest BCUT2D eigenvalue weighted by Gasteiger charge is 2.07. The van der Waals surface area contributed by atoms with E-state index in [2.05, 4.69) is 55.5 Å². The fourth-order valence-electron chi connectivity index (χ4n) is 2.09.